The fourth-order valence-corrected chi connectivity index (χ4v) is 1.86. The third kappa shape index (κ3) is 1.61. The topological polar surface area (TPSA) is 34.4 Å². The van der Waals surface area contributed by atoms with Crippen molar-refractivity contribution in [3.05, 3.63) is 71.3 Å². The first-order chi connectivity index (χ1) is 8.36. The van der Waals surface area contributed by atoms with Gasteiger partial charge in [-0.25, -0.2) is 0 Å². The Morgan fingerprint density at radius 2 is 1.82 bits per heavy atom. The number of aromatic nitrogens is 2. The van der Waals surface area contributed by atoms with Gasteiger partial charge in [-0.15, -0.1) is 0 Å². The summed E-state index contributed by atoms with van der Waals surface area (Å²) in [6.45, 7) is 0. The van der Waals surface area contributed by atoms with Crippen molar-refractivity contribution < 1.29 is 0 Å². The Balaban J connectivity index is 2.33. The molecule has 3 aromatic rings. The van der Waals surface area contributed by atoms with Gasteiger partial charge in [-0.1, -0.05) is 12.1 Å². The number of nitrogens with zero attached hydrogens (tertiary/aromatic N) is 2. The van der Waals surface area contributed by atoms with Crippen LogP contribution in [0.15, 0.2) is 65.7 Å². The van der Waals surface area contributed by atoms with E-state index in [4.69, 9.17) is 0 Å². The predicted octanol–water partition coefficient (Wildman–Crippen LogP) is 2.36. The fourth-order valence-electron chi connectivity index (χ4n) is 1.86. The van der Waals surface area contributed by atoms with Gasteiger partial charge in [0.15, 0.2) is 0 Å². The number of fused-ring (bicyclic) bond motifs is 1. The first-order valence-electron chi connectivity index (χ1n) is 5.38. The molecule has 0 saturated carbocycles. The molecule has 0 spiro atoms. The second kappa shape index (κ2) is 3.87. The Labute approximate surface area is 98.0 Å². The summed E-state index contributed by atoms with van der Waals surface area (Å²) in [5, 5.41) is 0. The molecular formula is C14H10N2O. The van der Waals surface area contributed by atoms with Gasteiger partial charge in [0.25, 0.3) is 5.56 Å². The van der Waals surface area contributed by atoms with E-state index < -0.39 is 0 Å². The van der Waals surface area contributed by atoms with Crippen LogP contribution in [-0.2, 0) is 0 Å². The number of hydrogen-bond acceptors (Lipinski definition) is 2. The largest absolute Gasteiger partial charge is 0.284 e. The monoisotopic (exact) mass is 222 g/mol. The lowest BCUT2D eigenvalue weighted by molar-refractivity contribution is 1.09. The van der Waals surface area contributed by atoms with Crippen molar-refractivity contribution in [3.63, 3.8) is 0 Å². The Bertz CT molecular complexity index is 717. The standard InChI is InChI=1S/C14H10N2O/c17-14-12(13-6-1-3-9-15-13)8-7-11-5-2-4-10-16(11)14/h1-10H. The van der Waals surface area contributed by atoms with Crippen LogP contribution >= 0.6 is 0 Å². The highest BCUT2D eigenvalue weighted by Crippen LogP contribution is 2.12. The van der Waals surface area contributed by atoms with E-state index in [0.717, 1.165) is 5.52 Å². The van der Waals surface area contributed by atoms with E-state index in [-0.39, 0.29) is 5.56 Å². The third-order valence-corrected chi connectivity index (χ3v) is 2.70. The molecule has 0 unspecified atom stereocenters. The van der Waals surface area contributed by atoms with Crippen molar-refractivity contribution in [2.24, 2.45) is 0 Å². The zero-order valence-electron chi connectivity index (χ0n) is 9.08. The van der Waals surface area contributed by atoms with Crippen LogP contribution in [0, 0.1) is 0 Å². The van der Waals surface area contributed by atoms with Crippen LogP contribution in [0.2, 0.25) is 0 Å². The molecule has 0 aliphatic carbocycles. The molecule has 0 fully saturated rings. The lowest BCUT2D eigenvalue weighted by Gasteiger charge is -2.03. The molecule has 0 aliphatic rings. The van der Waals surface area contributed by atoms with Crippen molar-refractivity contribution >= 4 is 5.52 Å². The Hall–Kier alpha value is -2.42. The maximum absolute atomic E-state index is 12.3. The lowest BCUT2D eigenvalue weighted by atomic mass is 10.1. The van der Waals surface area contributed by atoms with Crippen LogP contribution in [0.3, 0.4) is 0 Å². The van der Waals surface area contributed by atoms with Crippen LogP contribution in [-0.4, -0.2) is 9.38 Å². The number of pyridine rings is 3. The van der Waals surface area contributed by atoms with Gasteiger partial charge < -0.3 is 0 Å². The Morgan fingerprint density at radius 3 is 2.65 bits per heavy atom. The molecule has 0 N–H and O–H groups in total. The van der Waals surface area contributed by atoms with Crippen LogP contribution < -0.4 is 5.56 Å². The molecule has 17 heavy (non-hydrogen) atoms. The van der Waals surface area contributed by atoms with Crippen molar-refractivity contribution in [2.75, 3.05) is 0 Å². The lowest BCUT2D eigenvalue weighted by Crippen LogP contribution is -2.15. The molecule has 0 bridgehead atoms. The predicted molar refractivity (Wildman–Crippen MR) is 66.9 cm³/mol. The van der Waals surface area contributed by atoms with E-state index >= 15 is 0 Å². The Morgan fingerprint density at radius 1 is 0.941 bits per heavy atom. The Kier molecular flexibility index (Phi) is 2.22. The van der Waals surface area contributed by atoms with Crippen LogP contribution in [0.5, 0.6) is 0 Å². The molecular weight excluding hydrogens is 212 g/mol. The zero-order valence-corrected chi connectivity index (χ0v) is 9.08. The van der Waals surface area contributed by atoms with Crippen LogP contribution in [0.25, 0.3) is 16.8 Å². The van der Waals surface area contributed by atoms with Gasteiger partial charge in [0.1, 0.15) is 0 Å². The molecule has 0 radical (unpaired) electrons. The van der Waals surface area contributed by atoms with E-state index in [1.54, 1.807) is 16.8 Å². The van der Waals surface area contributed by atoms with Crippen molar-refractivity contribution in [2.45, 2.75) is 0 Å². The van der Waals surface area contributed by atoms with E-state index in [9.17, 15) is 4.79 Å². The fraction of sp³-hybridized carbons (Fsp3) is 0. The summed E-state index contributed by atoms with van der Waals surface area (Å²) >= 11 is 0. The summed E-state index contributed by atoms with van der Waals surface area (Å²) < 4.78 is 1.63. The van der Waals surface area contributed by atoms with Gasteiger partial charge in [0.05, 0.1) is 11.3 Å². The average Bonchev–Trinajstić information content (AvgIpc) is 2.40. The van der Waals surface area contributed by atoms with E-state index in [1.165, 1.54) is 0 Å². The second-order valence-corrected chi connectivity index (χ2v) is 3.76. The van der Waals surface area contributed by atoms with E-state index in [0.29, 0.717) is 11.3 Å². The smallest absolute Gasteiger partial charge is 0.264 e. The summed E-state index contributed by atoms with van der Waals surface area (Å²) in [5.74, 6) is 0. The van der Waals surface area contributed by atoms with Gasteiger partial charge in [-0.05, 0) is 36.4 Å². The minimum atomic E-state index is -0.0400. The number of rotatable bonds is 1. The molecule has 3 aromatic heterocycles. The van der Waals surface area contributed by atoms with Crippen LogP contribution in [0.4, 0.5) is 0 Å². The summed E-state index contributed by atoms with van der Waals surface area (Å²) in [6.07, 6.45) is 3.46. The van der Waals surface area contributed by atoms with E-state index in [2.05, 4.69) is 4.98 Å². The maximum Gasteiger partial charge on any atom is 0.264 e. The summed E-state index contributed by atoms with van der Waals surface area (Å²) in [7, 11) is 0. The summed E-state index contributed by atoms with van der Waals surface area (Å²) in [4.78, 5) is 16.5. The highest BCUT2D eigenvalue weighted by molar-refractivity contribution is 5.61. The first-order valence-corrected chi connectivity index (χ1v) is 5.38. The van der Waals surface area contributed by atoms with Gasteiger partial charge in [0.2, 0.25) is 0 Å². The summed E-state index contributed by atoms with van der Waals surface area (Å²) in [6, 6.07) is 15.0. The SMILES string of the molecule is O=c1c(-c2ccccn2)ccc2ccccn12. The van der Waals surface area contributed by atoms with E-state index in [1.807, 2.05) is 48.5 Å². The van der Waals surface area contributed by atoms with Crippen molar-refractivity contribution in [1.29, 1.82) is 0 Å². The molecule has 3 heterocycles. The average molecular weight is 222 g/mol. The van der Waals surface area contributed by atoms with Crippen molar-refractivity contribution in [1.82, 2.24) is 9.38 Å². The highest BCUT2D eigenvalue weighted by Gasteiger charge is 2.05. The quantitative estimate of drug-likeness (QED) is 0.633. The normalized spacial score (nSPS) is 10.6. The molecule has 0 amide bonds. The molecule has 82 valence electrons. The van der Waals surface area contributed by atoms with Gasteiger partial charge in [-0.2, -0.15) is 0 Å². The second-order valence-electron chi connectivity index (χ2n) is 3.76. The maximum atomic E-state index is 12.3. The molecule has 0 atom stereocenters. The van der Waals surface area contributed by atoms with Crippen LogP contribution in [0.1, 0.15) is 0 Å². The molecule has 3 heteroatoms. The summed E-state index contributed by atoms with van der Waals surface area (Å²) in [5.41, 5.74) is 2.17. The molecule has 0 aromatic carbocycles. The van der Waals surface area contributed by atoms with Gasteiger partial charge in [0, 0.05) is 17.9 Å². The molecule has 3 nitrogen and oxygen atoms in total. The number of hydrogen-bond donors (Lipinski definition) is 0. The van der Waals surface area contributed by atoms with Crippen molar-refractivity contribution in [3.8, 4) is 11.3 Å². The zero-order chi connectivity index (χ0) is 11.7. The molecule has 3 rings (SSSR count). The van der Waals surface area contributed by atoms with Gasteiger partial charge in [-0.3, -0.25) is 14.2 Å². The molecule has 0 saturated heterocycles. The highest BCUT2D eigenvalue weighted by atomic mass is 16.1. The minimum absolute atomic E-state index is 0.0400. The molecule has 0 aliphatic heterocycles. The van der Waals surface area contributed by atoms with Gasteiger partial charge >= 0.3 is 0 Å². The minimum Gasteiger partial charge on any atom is -0.284 e. The third-order valence-electron chi connectivity index (χ3n) is 2.70. The first kappa shape index (κ1) is 9.78.